The van der Waals surface area contributed by atoms with Gasteiger partial charge in [-0.2, -0.15) is 31.3 Å². The van der Waals surface area contributed by atoms with Crippen molar-refractivity contribution >= 4 is 23.3 Å². The lowest BCUT2D eigenvalue weighted by Crippen LogP contribution is -2.44. The van der Waals surface area contributed by atoms with Crippen molar-refractivity contribution < 1.29 is 40.7 Å². The van der Waals surface area contributed by atoms with Crippen LogP contribution in [0.15, 0.2) is 30.3 Å². The summed E-state index contributed by atoms with van der Waals surface area (Å²) < 4.78 is 80.9. The van der Waals surface area contributed by atoms with Gasteiger partial charge in [-0.15, -0.1) is 0 Å². The predicted octanol–water partition coefficient (Wildman–Crippen LogP) is 5.00. The lowest BCUT2D eigenvalue weighted by molar-refractivity contribution is -0.142. The number of rotatable bonds is 5. The Balaban J connectivity index is 1.84. The van der Waals surface area contributed by atoms with Crippen molar-refractivity contribution in [3.63, 3.8) is 0 Å². The number of hydrogen-bond donors (Lipinski definition) is 1. The highest BCUT2D eigenvalue weighted by atomic mass is 19.4. The molecule has 3 rings (SSSR count). The van der Waals surface area contributed by atoms with Crippen molar-refractivity contribution in [2.24, 2.45) is 0 Å². The molecule has 2 aromatic rings. The number of aromatic nitrogens is 1. The van der Waals surface area contributed by atoms with E-state index in [0.29, 0.717) is 11.1 Å². The van der Waals surface area contributed by atoms with E-state index in [1.54, 1.807) is 0 Å². The zero-order valence-electron chi connectivity index (χ0n) is 17.5. The van der Waals surface area contributed by atoms with E-state index in [2.05, 4.69) is 10.3 Å². The Hall–Kier alpha value is -3.31. The monoisotopic (exact) mass is 475 g/mol. The van der Waals surface area contributed by atoms with Crippen LogP contribution < -0.4 is 15.0 Å². The summed E-state index contributed by atoms with van der Waals surface area (Å²) in [5.74, 6) is -1.39. The molecular weight excluding hydrogens is 456 g/mol. The maximum atomic E-state index is 12.8. The third-order valence-electron chi connectivity index (χ3n) is 4.87. The highest BCUT2D eigenvalue weighted by molar-refractivity contribution is 6.00. The van der Waals surface area contributed by atoms with Gasteiger partial charge in [-0.25, -0.2) is 0 Å². The molecule has 6 nitrogen and oxygen atoms in total. The number of alkyl halides is 6. The molecule has 1 unspecified atom stereocenters. The minimum Gasteiger partial charge on any atom is -0.463 e. The topological polar surface area (TPSA) is 71.5 Å². The van der Waals surface area contributed by atoms with E-state index in [4.69, 9.17) is 4.74 Å². The van der Waals surface area contributed by atoms with Crippen molar-refractivity contribution in [3.8, 4) is 5.88 Å². The molecule has 12 heteroatoms. The van der Waals surface area contributed by atoms with E-state index in [1.807, 2.05) is 0 Å². The van der Waals surface area contributed by atoms with Crippen LogP contribution in [0.2, 0.25) is 0 Å². The molecule has 0 saturated carbocycles. The Bertz CT molecular complexity index is 1050. The molecular formula is C21H19F6N3O3. The maximum Gasteiger partial charge on any atom is 0.416 e. The van der Waals surface area contributed by atoms with Crippen LogP contribution in [0.3, 0.4) is 0 Å². The molecule has 0 fully saturated rings. The van der Waals surface area contributed by atoms with Crippen molar-refractivity contribution in [1.29, 1.82) is 0 Å². The molecule has 0 radical (unpaired) electrons. The molecule has 1 aromatic carbocycles. The summed E-state index contributed by atoms with van der Waals surface area (Å²) in [7, 11) is 0. The van der Waals surface area contributed by atoms with Gasteiger partial charge in [0.2, 0.25) is 11.8 Å². The van der Waals surface area contributed by atoms with Gasteiger partial charge in [0.25, 0.3) is 5.91 Å². The van der Waals surface area contributed by atoms with Crippen LogP contribution in [-0.2, 0) is 22.3 Å². The SMILES string of the molecule is Cc1cc2c(nc1NC(=O)CCC(F)(F)F)OC(C)C(=O)N2Cc1ccc(C(F)(F)F)cc1. The number of nitrogens with zero attached hydrogens (tertiary/aromatic N) is 2. The van der Waals surface area contributed by atoms with Crippen LogP contribution in [0, 0.1) is 6.92 Å². The number of halogens is 6. The standard InChI is InChI=1S/C21H19F6N3O3/c1-11-9-15-18(29-17(11)28-16(31)7-8-20(22,23)24)33-12(2)19(32)30(15)10-13-3-5-14(6-4-13)21(25,26)27/h3-6,9,12H,7-8,10H2,1-2H3,(H,28,29,31). The highest BCUT2D eigenvalue weighted by Crippen LogP contribution is 2.37. The molecule has 0 saturated heterocycles. The second kappa shape index (κ2) is 8.91. The Morgan fingerprint density at radius 3 is 2.36 bits per heavy atom. The fourth-order valence-electron chi connectivity index (χ4n) is 3.14. The van der Waals surface area contributed by atoms with Crippen LogP contribution in [0.4, 0.5) is 37.8 Å². The molecule has 1 aromatic heterocycles. The average molecular weight is 475 g/mol. The van der Waals surface area contributed by atoms with Crippen LogP contribution in [-0.4, -0.2) is 29.1 Å². The van der Waals surface area contributed by atoms with Crippen molar-refractivity contribution in [3.05, 3.63) is 47.0 Å². The fourth-order valence-corrected chi connectivity index (χ4v) is 3.14. The van der Waals surface area contributed by atoms with Gasteiger partial charge in [-0.3, -0.25) is 14.5 Å². The summed E-state index contributed by atoms with van der Waals surface area (Å²) in [6.45, 7) is 2.93. The Morgan fingerprint density at radius 1 is 1.15 bits per heavy atom. The van der Waals surface area contributed by atoms with E-state index in [-0.39, 0.29) is 23.9 Å². The van der Waals surface area contributed by atoms with Gasteiger partial charge in [0.05, 0.1) is 18.5 Å². The molecule has 33 heavy (non-hydrogen) atoms. The zero-order chi connectivity index (χ0) is 24.6. The number of hydrogen-bond acceptors (Lipinski definition) is 4. The second-order valence-electron chi connectivity index (χ2n) is 7.52. The minimum absolute atomic E-state index is 0.0167. The first-order valence-electron chi connectivity index (χ1n) is 9.77. The van der Waals surface area contributed by atoms with Gasteiger partial charge in [0.1, 0.15) is 11.5 Å². The van der Waals surface area contributed by atoms with Gasteiger partial charge < -0.3 is 10.1 Å². The minimum atomic E-state index is -4.49. The van der Waals surface area contributed by atoms with Crippen molar-refractivity contribution in [2.75, 3.05) is 10.2 Å². The quantitative estimate of drug-likeness (QED) is 0.618. The lowest BCUT2D eigenvalue weighted by atomic mass is 10.1. The van der Waals surface area contributed by atoms with Gasteiger partial charge in [-0.05, 0) is 43.2 Å². The zero-order valence-corrected chi connectivity index (χ0v) is 17.5. The summed E-state index contributed by atoms with van der Waals surface area (Å²) in [5, 5.41) is 2.30. The Labute approximate surface area is 184 Å². The van der Waals surface area contributed by atoms with Crippen molar-refractivity contribution in [2.45, 2.75) is 51.7 Å². The number of fused-ring (bicyclic) bond motifs is 1. The molecule has 2 heterocycles. The number of pyridine rings is 1. The number of nitrogens with one attached hydrogen (secondary N) is 1. The normalized spacial score (nSPS) is 16.3. The van der Waals surface area contributed by atoms with E-state index < -0.39 is 48.7 Å². The van der Waals surface area contributed by atoms with Gasteiger partial charge in [-0.1, -0.05) is 12.1 Å². The average Bonchev–Trinajstić information content (AvgIpc) is 2.70. The summed E-state index contributed by atoms with van der Waals surface area (Å²) >= 11 is 0. The van der Waals surface area contributed by atoms with Crippen LogP contribution in [0.1, 0.15) is 36.5 Å². The van der Waals surface area contributed by atoms with Crippen LogP contribution in [0.25, 0.3) is 0 Å². The van der Waals surface area contributed by atoms with E-state index in [1.165, 1.54) is 36.9 Å². The van der Waals surface area contributed by atoms with Gasteiger partial charge >= 0.3 is 12.4 Å². The summed E-state index contributed by atoms with van der Waals surface area (Å²) in [5.41, 5.74) is 0.191. The summed E-state index contributed by atoms with van der Waals surface area (Å²) in [4.78, 5) is 30.0. The number of benzene rings is 1. The molecule has 0 aliphatic carbocycles. The van der Waals surface area contributed by atoms with Crippen molar-refractivity contribution in [1.82, 2.24) is 4.98 Å². The first-order valence-corrected chi connectivity index (χ1v) is 9.77. The first kappa shape index (κ1) is 24.3. The second-order valence-corrected chi connectivity index (χ2v) is 7.52. The van der Waals surface area contributed by atoms with Crippen LogP contribution in [0.5, 0.6) is 5.88 Å². The summed E-state index contributed by atoms with van der Waals surface area (Å²) in [6, 6.07) is 5.80. The molecule has 0 spiro atoms. The number of amides is 2. The summed E-state index contributed by atoms with van der Waals surface area (Å²) in [6.07, 6.45) is -12.0. The van der Waals surface area contributed by atoms with E-state index in [0.717, 1.165) is 12.1 Å². The molecule has 1 atom stereocenters. The number of carbonyl (C=O) groups is 2. The maximum absolute atomic E-state index is 12.8. The first-order chi connectivity index (χ1) is 15.2. The van der Waals surface area contributed by atoms with Gasteiger partial charge in [0.15, 0.2) is 6.10 Å². The van der Waals surface area contributed by atoms with Crippen LogP contribution >= 0.6 is 0 Å². The Kier molecular flexibility index (Phi) is 6.57. The molecule has 178 valence electrons. The van der Waals surface area contributed by atoms with Gasteiger partial charge in [0, 0.05) is 6.42 Å². The third-order valence-corrected chi connectivity index (χ3v) is 4.87. The number of carbonyl (C=O) groups excluding carboxylic acids is 2. The largest absolute Gasteiger partial charge is 0.463 e. The number of ether oxygens (including phenoxy) is 1. The molecule has 2 amide bonds. The molecule has 1 aliphatic heterocycles. The molecule has 1 aliphatic rings. The number of aryl methyl sites for hydroxylation is 1. The fraction of sp³-hybridized carbons (Fsp3) is 0.381. The molecule has 0 bridgehead atoms. The van der Waals surface area contributed by atoms with E-state index >= 15 is 0 Å². The highest BCUT2D eigenvalue weighted by Gasteiger charge is 2.34. The Morgan fingerprint density at radius 2 is 1.79 bits per heavy atom. The lowest BCUT2D eigenvalue weighted by Gasteiger charge is -2.33. The number of anilines is 2. The smallest absolute Gasteiger partial charge is 0.416 e. The van der Waals surface area contributed by atoms with E-state index in [9.17, 15) is 35.9 Å². The molecule has 1 N–H and O–H groups in total. The predicted molar refractivity (Wildman–Crippen MR) is 106 cm³/mol. The third kappa shape index (κ3) is 5.93.